The van der Waals surface area contributed by atoms with Gasteiger partial charge in [-0.05, 0) is 23.8 Å². The van der Waals surface area contributed by atoms with E-state index in [9.17, 15) is 0 Å². The first-order valence-electron chi connectivity index (χ1n) is 5.97. The summed E-state index contributed by atoms with van der Waals surface area (Å²) in [5, 5.41) is 4.65. The Morgan fingerprint density at radius 3 is 2.61 bits per heavy atom. The van der Waals surface area contributed by atoms with E-state index in [2.05, 4.69) is 22.4 Å². The monoisotopic (exact) mass is 237 g/mol. The first-order valence-corrected chi connectivity index (χ1v) is 5.97. The Labute approximate surface area is 106 Å². The van der Waals surface area contributed by atoms with E-state index in [1.54, 1.807) is 0 Å². The van der Waals surface area contributed by atoms with E-state index in [-0.39, 0.29) is 0 Å². The van der Waals surface area contributed by atoms with Crippen LogP contribution in [0.2, 0.25) is 0 Å². The smallest absolute Gasteiger partial charge is 0.0600 e. The Hall–Kier alpha value is -2.42. The summed E-state index contributed by atoms with van der Waals surface area (Å²) in [5.41, 5.74) is 9.96. The molecule has 18 heavy (non-hydrogen) atoms. The van der Waals surface area contributed by atoms with Crippen molar-refractivity contribution in [2.75, 3.05) is 11.1 Å². The number of aromatic amines is 1. The molecular formula is C15H15N3. The predicted molar refractivity (Wildman–Crippen MR) is 76.5 cm³/mol. The molecule has 0 aliphatic heterocycles. The van der Waals surface area contributed by atoms with Gasteiger partial charge in [-0.1, -0.05) is 30.3 Å². The Balaban J connectivity index is 1.79. The number of anilines is 2. The topological polar surface area (TPSA) is 53.8 Å². The molecule has 0 unspecified atom stereocenters. The molecule has 0 spiro atoms. The van der Waals surface area contributed by atoms with Crippen molar-refractivity contribution in [3.63, 3.8) is 0 Å². The van der Waals surface area contributed by atoms with Crippen LogP contribution in [0.5, 0.6) is 0 Å². The lowest BCUT2D eigenvalue weighted by Crippen LogP contribution is -1.98. The molecule has 0 saturated heterocycles. The molecule has 3 aromatic rings. The van der Waals surface area contributed by atoms with E-state index in [4.69, 9.17) is 5.73 Å². The zero-order valence-electron chi connectivity index (χ0n) is 9.98. The van der Waals surface area contributed by atoms with Gasteiger partial charge >= 0.3 is 0 Å². The van der Waals surface area contributed by atoms with Crippen LogP contribution in [0.25, 0.3) is 10.9 Å². The van der Waals surface area contributed by atoms with Crippen LogP contribution in [0, 0.1) is 0 Å². The second kappa shape index (κ2) is 4.45. The number of benzene rings is 2. The largest absolute Gasteiger partial charge is 0.399 e. The minimum absolute atomic E-state index is 0.794. The molecular weight excluding hydrogens is 222 g/mol. The molecule has 0 bridgehead atoms. The lowest BCUT2D eigenvalue weighted by Gasteiger charge is -2.05. The van der Waals surface area contributed by atoms with Crippen LogP contribution in [0.3, 0.4) is 0 Å². The fraction of sp³-hybridized carbons (Fsp3) is 0.0667. The van der Waals surface area contributed by atoms with Crippen LogP contribution in [0.4, 0.5) is 11.4 Å². The van der Waals surface area contributed by atoms with Crippen LogP contribution >= 0.6 is 0 Å². The SMILES string of the molecule is Nc1ccc(CNc2c[nH]c3ccccc23)cc1. The highest BCUT2D eigenvalue weighted by Gasteiger charge is 2.01. The molecule has 0 radical (unpaired) electrons. The highest BCUT2D eigenvalue weighted by atomic mass is 14.9. The number of fused-ring (bicyclic) bond motifs is 1. The van der Waals surface area contributed by atoms with Crippen molar-refractivity contribution in [3.05, 3.63) is 60.3 Å². The summed E-state index contributed by atoms with van der Waals surface area (Å²) in [4.78, 5) is 3.25. The number of hydrogen-bond acceptors (Lipinski definition) is 2. The van der Waals surface area contributed by atoms with Gasteiger partial charge in [0.2, 0.25) is 0 Å². The number of nitrogens with two attached hydrogens (primary N) is 1. The fourth-order valence-electron chi connectivity index (χ4n) is 2.05. The molecule has 0 aliphatic carbocycles. The standard InChI is InChI=1S/C15H15N3/c16-12-7-5-11(6-8-12)9-17-15-10-18-14-4-2-1-3-13(14)15/h1-8,10,17-18H,9,16H2. The number of hydrogen-bond donors (Lipinski definition) is 3. The normalized spacial score (nSPS) is 10.7. The Morgan fingerprint density at radius 1 is 1.00 bits per heavy atom. The van der Waals surface area contributed by atoms with E-state index in [1.807, 2.05) is 42.6 Å². The Bertz CT molecular complexity index is 653. The van der Waals surface area contributed by atoms with Crippen LogP contribution in [-0.2, 0) is 6.54 Å². The van der Waals surface area contributed by atoms with Crippen LogP contribution in [0.1, 0.15) is 5.56 Å². The van der Waals surface area contributed by atoms with Gasteiger partial charge in [-0.25, -0.2) is 0 Å². The van der Waals surface area contributed by atoms with Gasteiger partial charge in [0.15, 0.2) is 0 Å². The van der Waals surface area contributed by atoms with Crippen molar-refractivity contribution in [1.29, 1.82) is 0 Å². The minimum Gasteiger partial charge on any atom is -0.399 e. The fourth-order valence-corrected chi connectivity index (χ4v) is 2.05. The second-order valence-electron chi connectivity index (χ2n) is 4.34. The molecule has 1 heterocycles. The van der Waals surface area contributed by atoms with E-state index < -0.39 is 0 Å². The third-order valence-electron chi connectivity index (χ3n) is 3.05. The third kappa shape index (κ3) is 2.02. The number of nitrogens with one attached hydrogen (secondary N) is 2. The van der Waals surface area contributed by atoms with Crippen LogP contribution < -0.4 is 11.1 Å². The van der Waals surface area contributed by atoms with Crippen LogP contribution in [0.15, 0.2) is 54.7 Å². The van der Waals surface area contributed by atoms with E-state index >= 15 is 0 Å². The van der Waals surface area contributed by atoms with Crippen molar-refractivity contribution < 1.29 is 0 Å². The molecule has 2 aromatic carbocycles. The molecule has 0 amide bonds. The maximum absolute atomic E-state index is 5.67. The second-order valence-corrected chi connectivity index (χ2v) is 4.34. The highest BCUT2D eigenvalue weighted by Crippen LogP contribution is 2.23. The summed E-state index contributed by atoms with van der Waals surface area (Å²) in [6.45, 7) is 0.794. The van der Waals surface area contributed by atoms with Gasteiger partial charge in [-0.15, -0.1) is 0 Å². The van der Waals surface area contributed by atoms with Gasteiger partial charge < -0.3 is 16.0 Å². The predicted octanol–water partition coefficient (Wildman–Crippen LogP) is 3.36. The summed E-state index contributed by atoms with van der Waals surface area (Å²) in [7, 11) is 0. The summed E-state index contributed by atoms with van der Waals surface area (Å²) in [6, 6.07) is 16.2. The highest BCUT2D eigenvalue weighted by molar-refractivity contribution is 5.92. The maximum atomic E-state index is 5.67. The third-order valence-corrected chi connectivity index (χ3v) is 3.05. The molecule has 0 fully saturated rings. The van der Waals surface area contributed by atoms with Crippen molar-refractivity contribution >= 4 is 22.3 Å². The average molecular weight is 237 g/mol. The molecule has 0 atom stereocenters. The van der Waals surface area contributed by atoms with Gasteiger partial charge in [-0.2, -0.15) is 0 Å². The maximum Gasteiger partial charge on any atom is 0.0600 e. The van der Waals surface area contributed by atoms with Crippen molar-refractivity contribution in [2.45, 2.75) is 6.54 Å². The van der Waals surface area contributed by atoms with Crippen molar-refractivity contribution in [3.8, 4) is 0 Å². The number of nitrogen functional groups attached to an aromatic ring is 1. The zero-order valence-corrected chi connectivity index (χ0v) is 9.98. The molecule has 1 aromatic heterocycles. The number of aromatic nitrogens is 1. The van der Waals surface area contributed by atoms with E-state index in [0.29, 0.717) is 0 Å². The molecule has 90 valence electrons. The van der Waals surface area contributed by atoms with E-state index in [0.717, 1.165) is 23.4 Å². The lowest BCUT2D eigenvalue weighted by molar-refractivity contribution is 1.15. The first-order chi connectivity index (χ1) is 8.83. The summed E-state index contributed by atoms with van der Waals surface area (Å²) < 4.78 is 0. The zero-order chi connectivity index (χ0) is 12.4. The van der Waals surface area contributed by atoms with Gasteiger partial charge in [0, 0.05) is 29.3 Å². The van der Waals surface area contributed by atoms with E-state index in [1.165, 1.54) is 10.9 Å². The number of H-pyrrole nitrogens is 1. The van der Waals surface area contributed by atoms with Crippen LogP contribution in [-0.4, -0.2) is 4.98 Å². The summed E-state index contributed by atoms with van der Waals surface area (Å²) in [6.07, 6.45) is 2.00. The molecule has 3 rings (SSSR count). The van der Waals surface area contributed by atoms with Gasteiger partial charge in [0.25, 0.3) is 0 Å². The summed E-state index contributed by atoms with van der Waals surface area (Å²) >= 11 is 0. The number of para-hydroxylation sites is 1. The molecule has 0 saturated carbocycles. The minimum atomic E-state index is 0.794. The van der Waals surface area contributed by atoms with Crippen molar-refractivity contribution in [1.82, 2.24) is 4.98 Å². The summed E-state index contributed by atoms with van der Waals surface area (Å²) in [5.74, 6) is 0. The Kier molecular flexibility index (Phi) is 2.65. The molecule has 4 N–H and O–H groups in total. The Morgan fingerprint density at radius 2 is 1.78 bits per heavy atom. The van der Waals surface area contributed by atoms with Crippen molar-refractivity contribution in [2.24, 2.45) is 0 Å². The average Bonchev–Trinajstić information content (AvgIpc) is 2.82. The molecule has 3 nitrogen and oxygen atoms in total. The molecule has 0 aliphatic rings. The van der Waals surface area contributed by atoms with Gasteiger partial charge in [0.05, 0.1) is 5.69 Å². The number of rotatable bonds is 3. The first kappa shape index (κ1) is 10.7. The lowest BCUT2D eigenvalue weighted by atomic mass is 10.2. The van der Waals surface area contributed by atoms with Gasteiger partial charge in [-0.3, -0.25) is 0 Å². The van der Waals surface area contributed by atoms with Gasteiger partial charge in [0.1, 0.15) is 0 Å². The quantitative estimate of drug-likeness (QED) is 0.612. The molecule has 3 heteroatoms.